The molecule has 5 heteroatoms. The molecule has 1 aromatic carbocycles. The first-order chi connectivity index (χ1) is 9.58. The van der Waals surface area contributed by atoms with Crippen molar-refractivity contribution in [3.05, 3.63) is 52.7 Å². The third kappa shape index (κ3) is 2.02. The monoisotopic (exact) mass is 286 g/mol. The number of rotatable bonds is 2. The van der Waals surface area contributed by atoms with Gasteiger partial charge in [-0.3, -0.25) is 4.57 Å². The van der Waals surface area contributed by atoms with Gasteiger partial charge < -0.3 is 5.73 Å². The van der Waals surface area contributed by atoms with E-state index in [1.165, 1.54) is 11.1 Å². The van der Waals surface area contributed by atoms with E-state index in [1.54, 1.807) is 12.3 Å². The van der Waals surface area contributed by atoms with Crippen LogP contribution >= 0.6 is 11.6 Å². The zero-order valence-corrected chi connectivity index (χ0v) is 12.1. The highest BCUT2D eigenvalue weighted by Gasteiger charge is 2.17. The van der Waals surface area contributed by atoms with Crippen LogP contribution in [-0.4, -0.2) is 14.5 Å². The number of aromatic nitrogens is 3. The maximum atomic E-state index is 6.06. The number of nitrogens with two attached hydrogens (primary N) is 1. The fourth-order valence-electron chi connectivity index (χ4n) is 2.55. The van der Waals surface area contributed by atoms with E-state index in [9.17, 15) is 0 Å². The van der Waals surface area contributed by atoms with Gasteiger partial charge in [0.15, 0.2) is 5.65 Å². The van der Waals surface area contributed by atoms with Crippen LogP contribution in [0.5, 0.6) is 0 Å². The van der Waals surface area contributed by atoms with Crippen molar-refractivity contribution < 1.29 is 0 Å². The molecule has 0 radical (unpaired) electrons. The minimum atomic E-state index is 0.0647. The smallest absolute Gasteiger partial charge is 0.203 e. The van der Waals surface area contributed by atoms with Crippen LogP contribution in [0.2, 0.25) is 5.02 Å². The van der Waals surface area contributed by atoms with Crippen LogP contribution in [0.15, 0.2) is 36.5 Å². The summed E-state index contributed by atoms with van der Waals surface area (Å²) in [7, 11) is 0. The van der Waals surface area contributed by atoms with Crippen molar-refractivity contribution in [3.8, 4) is 0 Å². The Balaban J connectivity index is 2.19. The van der Waals surface area contributed by atoms with Crippen LogP contribution in [0, 0.1) is 6.92 Å². The third-order valence-corrected chi connectivity index (χ3v) is 3.76. The van der Waals surface area contributed by atoms with Gasteiger partial charge in [0.25, 0.3) is 0 Å². The minimum absolute atomic E-state index is 0.0647. The SMILES string of the molecule is Cc1ccccc1C(C)n1c(N)nc2cc(Cl)cnc21. The predicted molar refractivity (Wildman–Crippen MR) is 81.9 cm³/mol. The van der Waals surface area contributed by atoms with Crippen molar-refractivity contribution >= 4 is 28.7 Å². The molecule has 1 unspecified atom stereocenters. The van der Waals surface area contributed by atoms with Gasteiger partial charge in [-0.2, -0.15) is 0 Å². The molecule has 0 spiro atoms. The molecule has 20 heavy (non-hydrogen) atoms. The first-order valence-corrected chi connectivity index (χ1v) is 6.80. The molecule has 0 aliphatic heterocycles. The lowest BCUT2D eigenvalue weighted by atomic mass is 10.0. The predicted octanol–water partition coefficient (Wildman–Crippen LogP) is 3.58. The third-order valence-electron chi connectivity index (χ3n) is 3.55. The highest BCUT2D eigenvalue weighted by molar-refractivity contribution is 6.31. The van der Waals surface area contributed by atoms with Crippen molar-refractivity contribution in [3.63, 3.8) is 0 Å². The number of nitrogen functional groups attached to an aromatic ring is 1. The number of benzene rings is 1. The van der Waals surface area contributed by atoms with Gasteiger partial charge >= 0.3 is 0 Å². The highest BCUT2D eigenvalue weighted by Crippen LogP contribution is 2.28. The maximum Gasteiger partial charge on any atom is 0.203 e. The summed E-state index contributed by atoms with van der Waals surface area (Å²) in [4.78, 5) is 8.71. The second-order valence-corrected chi connectivity index (χ2v) is 5.31. The van der Waals surface area contributed by atoms with Crippen molar-refractivity contribution in [1.29, 1.82) is 0 Å². The molecule has 102 valence electrons. The van der Waals surface area contributed by atoms with Crippen LogP contribution in [0.3, 0.4) is 0 Å². The average Bonchev–Trinajstić information content (AvgIpc) is 2.73. The number of hydrogen-bond donors (Lipinski definition) is 1. The number of pyridine rings is 1. The first-order valence-electron chi connectivity index (χ1n) is 6.42. The first kappa shape index (κ1) is 12.9. The van der Waals surface area contributed by atoms with E-state index in [0.29, 0.717) is 11.0 Å². The lowest BCUT2D eigenvalue weighted by Gasteiger charge is -2.18. The van der Waals surface area contributed by atoms with Gasteiger partial charge in [0.2, 0.25) is 5.95 Å². The molecule has 0 aliphatic rings. The van der Waals surface area contributed by atoms with Crippen LogP contribution < -0.4 is 5.73 Å². The summed E-state index contributed by atoms with van der Waals surface area (Å²) in [6, 6.07) is 10.1. The number of fused-ring (bicyclic) bond motifs is 1. The summed E-state index contributed by atoms with van der Waals surface area (Å²) in [5, 5.41) is 0.561. The lowest BCUT2D eigenvalue weighted by Crippen LogP contribution is -2.11. The van der Waals surface area contributed by atoms with Crippen LogP contribution in [0.4, 0.5) is 5.95 Å². The van der Waals surface area contributed by atoms with Crippen LogP contribution in [-0.2, 0) is 0 Å². The second kappa shape index (κ2) is 4.80. The van der Waals surface area contributed by atoms with Crippen molar-refractivity contribution in [2.24, 2.45) is 0 Å². The zero-order valence-electron chi connectivity index (χ0n) is 11.3. The molecule has 0 amide bonds. The van der Waals surface area contributed by atoms with Crippen molar-refractivity contribution in [1.82, 2.24) is 14.5 Å². The summed E-state index contributed by atoms with van der Waals surface area (Å²) in [6.45, 7) is 4.18. The molecule has 2 heterocycles. The summed E-state index contributed by atoms with van der Waals surface area (Å²) >= 11 is 5.95. The highest BCUT2D eigenvalue weighted by atomic mass is 35.5. The zero-order chi connectivity index (χ0) is 14.3. The molecule has 4 nitrogen and oxygen atoms in total. The van der Waals surface area contributed by atoms with Gasteiger partial charge in [-0.1, -0.05) is 35.9 Å². The van der Waals surface area contributed by atoms with Gasteiger partial charge in [0, 0.05) is 6.20 Å². The number of hydrogen-bond acceptors (Lipinski definition) is 3. The Kier molecular flexibility index (Phi) is 3.10. The Bertz CT molecular complexity index is 779. The number of imidazole rings is 1. The largest absolute Gasteiger partial charge is 0.369 e. The van der Waals surface area contributed by atoms with Crippen molar-refractivity contribution in [2.45, 2.75) is 19.9 Å². The minimum Gasteiger partial charge on any atom is -0.369 e. The molecule has 0 aliphatic carbocycles. The van der Waals surface area contributed by atoms with E-state index >= 15 is 0 Å². The Morgan fingerprint density at radius 3 is 2.80 bits per heavy atom. The van der Waals surface area contributed by atoms with Gasteiger partial charge in [0.05, 0.1) is 11.1 Å². The van der Waals surface area contributed by atoms with Crippen molar-refractivity contribution in [2.75, 3.05) is 5.73 Å². The van der Waals surface area contributed by atoms with E-state index < -0.39 is 0 Å². The molecule has 3 rings (SSSR count). The molecule has 1 atom stereocenters. The molecule has 2 N–H and O–H groups in total. The quantitative estimate of drug-likeness (QED) is 0.783. The van der Waals surface area contributed by atoms with Crippen LogP contribution in [0.1, 0.15) is 24.1 Å². The van der Waals surface area contributed by atoms with E-state index in [4.69, 9.17) is 17.3 Å². The normalized spacial score (nSPS) is 12.8. The topological polar surface area (TPSA) is 56.7 Å². The van der Waals surface area contributed by atoms with Gasteiger partial charge in [0.1, 0.15) is 5.52 Å². The van der Waals surface area contributed by atoms with E-state index in [0.717, 1.165) is 11.2 Å². The molecule has 3 aromatic rings. The molecule has 0 saturated carbocycles. The fraction of sp³-hybridized carbons (Fsp3) is 0.200. The summed E-state index contributed by atoms with van der Waals surface area (Å²) < 4.78 is 1.94. The summed E-state index contributed by atoms with van der Waals surface area (Å²) in [5.74, 6) is 0.450. The van der Waals surface area contributed by atoms with Gasteiger partial charge in [-0.15, -0.1) is 0 Å². The Morgan fingerprint density at radius 2 is 2.05 bits per heavy atom. The Morgan fingerprint density at radius 1 is 1.30 bits per heavy atom. The number of halogens is 1. The molecular weight excluding hydrogens is 272 g/mol. The number of nitrogens with zero attached hydrogens (tertiary/aromatic N) is 3. The summed E-state index contributed by atoms with van der Waals surface area (Å²) in [6.07, 6.45) is 1.62. The van der Waals surface area contributed by atoms with Gasteiger partial charge in [-0.25, -0.2) is 9.97 Å². The number of anilines is 1. The molecule has 0 fully saturated rings. The lowest BCUT2D eigenvalue weighted by molar-refractivity contribution is 0.658. The number of aryl methyl sites for hydroxylation is 1. The molecule has 0 saturated heterocycles. The van der Waals surface area contributed by atoms with Crippen LogP contribution in [0.25, 0.3) is 11.2 Å². The molecule has 2 aromatic heterocycles. The molecule has 0 bridgehead atoms. The molecular formula is C15H15ClN4. The summed E-state index contributed by atoms with van der Waals surface area (Å²) in [5.41, 5.74) is 9.95. The Labute approximate surface area is 122 Å². The Hall–Kier alpha value is -2.07. The average molecular weight is 287 g/mol. The van der Waals surface area contributed by atoms with E-state index in [-0.39, 0.29) is 6.04 Å². The standard InChI is InChI=1S/C15H15ClN4/c1-9-5-3-4-6-12(9)10(2)20-14-13(19-15(20)17)7-11(16)8-18-14/h3-8,10H,1-2H3,(H2,17,19). The van der Waals surface area contributed by atoms with E-state index in [1.807, 2.05) is 16.7 Å². The van der Waals surface area contributed by atoms with Gasteiger partial charge in [-0.05, 0) is 31.0 Å². The fourth-order valence-corrected chi connectivity index (χ4v) is 2.70. The maximum absolute atomic E-state index is 6.06. The second-order valence-electron chi connectivity index (χ2n) is 4.87. The van der Waals surface area contributed by atoms with E-state index in [2.05, 4.69) is 35.9 Å².